The summed E-state index contributed by atoms with van der Waals surface area (Å²) in [5, 5.41) is 0. The molecule has 0 saturated carbocycles. The molecule has 94 valence electrons. The Bertz CT molecular complexity index is 329. The van der Waals surface area contributed by atoms with Gasteiger partial charge in [0.25, 0.3) is 0 Å². The minimum absolute atomic E-state index is 0.708. The van der Waals surface area contributed by atoms with Crippen molar-refractivity contribution in [2.45, 2.75) is 26.8 Å². The molecule has 0 unspecified atom stereocenters. The molecule has 0 aliphatic carbocycles. The fraction of sp³-hybridized carbons (Fsp3) is 0.429. The second-order valence-corrected chi connectivity index (χ2v) is 7.02. The SMILES string of the molecule is CCO[Si](C=Cc1ccccc1)(CC)OCC. The molecule has 0 N–H and O–H groups in total. The van der Waals surface area contributed by atoms with Gasteiger partial charge in [0, 0.05) is 13.2 Å². The predicted molar refractivity (Wildman–Crippen MR) is 75.0 cm³/mol. The van der Waals surface area contributed by atoms with E-state index in [-0.39, 0.29) is 0 Å². The van der Waals surface area contributed by atoms with E-state index >= 15 is 0 Å². The van der Waals surface area contributed by atoms with E-state index < -0.39 is 8.56 Å². The van der Waals surface area contributed by atoms with Gasteiger partial charge in [0.2, 0.25) is 0 Å². The van der Waals surface area contributed by atoms with Gasteiger partial charge in [-0.15, -0.1) is 0 Å². The third-order valence-electron chi connectivity index (χ3n) is 2.60. The van der Waals surface area contributed by atoms with Gasteiger partial charge in [0.15, 0.2) is 0 Å². The minimum Gasteiger partial charge on any atom is -0.392 e. The molecular weight excluding hydrogens is 228 g/mol. The van der Waals surface area contributed by atoms with Crippen LogP contribution in [-0.2, 0) is 8.85 Å². The van der Waals surface area contributed by atoms with Crippen molar-refractivity contribution in [3.8, 4) is 0 Å². The van der Waals surface area contributed by atoms with Crippen molar-refractivity contribution in [1.82, 2.24) is 0 Å². The highest BCUT2D eigenvalue weighted by molar-refractivity contribution is 6.73. The third-order valence-corrected chi connectivity index (χ3v) is 5.81. The topological polar surface area (TPSA) is 18.5 Å². The van der Waals surface area contributed by atoms with E-state index in [2.05, 4.69) is 30.8 Å². The van der Waals surface area contributed by atoms with Crippen LogP contribution in [0.5, 0.6) is 0 Å². The highest BCUT2D eigenvalue weighted by atomic mass is 28.4. The summed E-state index contributed by atoms with van der Waals surface area (Å²) in [6.07, 6.45) is 2.11. The van der Waals surface area contributed by atoms with Crippen LogP contribution in [0.4, 0.5) is 0 Å². The molecule has 0 aromatic heterocycles. The first-order valence-electron chi connectivity index (χ1n) is 6.28. The van der Waals surface area contributed by atoms with Crippen LogP contribution in [0.3, 0.4) is 0 Å². The smallest absolute Gasteiger partial charge is 0.364 e. The Kier molecular flexibility index (Phi) is 6.19. The lowest BCUT2D eigenvalue weighted by Crippen LogP contribution is -2.39. The molecule has 0 fully saturated rings. The van der Waals surface area contributed by atoms with Crippen LogP contribution >= 0.6 is 0 Å². The standard InChI is InChI=1S/C14H22O2Si/c1-4-15-17(6-3,16-5-2)13-12-14-10-8-7-9-11-14/h7-13H,4-6H2,1-3H3. The molecule has 0 saturated heterocycles. The summed E-state index contributed by atoms with van der Waals surface area (Å²) in [4.78, 5) is 0. The van der Waals surface area contributed by atoms with Crippen LogP contribution in [0.1, 0.15) is 26.3 Å². The molecule has 1 aromatic carbocycles. The average molecular weight is 250 g/mol. The first kappa shape index (κ1) is 14.2. The van der Waals surface area contributed by atoms with Crippen molar-refractivity contribution in [3.05, 3.63) is 41.6 Å². The summed E-state index contributed by atoms with van der Waals surface area (Å²) in [5.74, 6) is 0. The van der Waals surface area contributed by atoms with Crippen LogP contribution in [0.25, 0.3) is 6.08 Å². The zero-order chi connectivity index (χ0) is 12.6. The van der Waals surface area contributed by atoms with Crippen LogP contribution in [0.15, 0.2) is 36.0 Å². The van der Waals surface area contributed by atoms with Gasteiger partial charge in [0.05, 0.1) is 0 Å². The lowest BCUT2D eigenvalue weighted by Gasteiger charge is -2.25. The van der Waals surface area contributed by atoms with Crippen LogP contribution < -0.4 is 0 Å². The lowest BCUT2D eigenvalue weighted by molar-refractivity contribution is 0.196. The van der Waals surface area contributed by atoms with Crippen molar-refractivity contribution in [2.24, 2.45) is 0 Å². The molecule has 0 amide bonds. The molecule has 0 bridgehead atoms. The molecule has 1 aromatic rings. The maximum Gasteiger partial charge on any atom is 0.364 e. The van der Waals surface area contributed by atoms with Crippen molar-refractivity contribution < 1.29 is 8.85 Å². The largest absolute Gasteiger partial charge is 0.392 e. The quantitative estimate of drug-likeness (QED) is 0.686. The molecule has 0 atom stereocenters. The van der Waals surface area contributed by atoms with Crippen molar-refractivity contribution >= 4 is 14.6 Å². The van der Waals surface area contributed by atoms with E-state index in [0.717, 1.165) is 6.04 Å². The highest BCUT2D eigenvalue weighted by Gasteiger charge is 2.31. The Labute approximate surface area is 106 Å². The lowest BCUT2D eigenvalue weighted by atomic mass is 10.2. The minimum atomic E-state index is -2.13. The third kappa shape index (κ3) is 4.46. The molecule has 0 aliphatic heterocycles. The predicted octanol–water partition coefficient (Wildman–Crippen LogP) is 3.77. The second-order valence-electron chi connectivity index (χ2n) is 3.78. The number of rotatable bonds is 7. The van der Waals surface area contributed by atoms with Gasteiger partial charge >= 0.3 is 8.56 Å². The summed E-state index contributed by atoms with van der Waals surface area (Å²) in [5.41, 5.74) is 3.34. The first-order chi connectivity index (χ1) is 8.26. The summed E-state index contributed by atoms with van der Waals surface area (Å²) in [6, 6.07) is 11.2. The van der Waals surface area contributed by atoms with Crippen LogP contribution in [0.2, 0.25) is 6.04 Å². The Morgan fingerprint density at radius 3 is 2.06 bits per heavy atom. The Morgan fingerprint density at radius 1 is 1.00 bits per heavy atom. The maximum absolute atomic E-state index is 5.87. The van der Waals surface area contributed by atoms with Gasteiger partial charge in [-0.2, -0.15) is 0 Å². The van der Waals surface area contributed by atoms with Crippen molar-refractivity contribution in [3.63, 3.8) is 0 Å². The second kappa shape index (κ2) is 7.43. The van der Waals surface area contributed by atoms with Crippen LogP contribution in [0, 0.1) is 0 Å². The summed E-state index contributed by atoms with van der Waals surface area (Å²) < 4.78 is 11.7. The van der Waals surface area contributed by atoms with E-state index in [0.29, 0.717) is 13.2 Å². The maximum atomic E-state index is 5.87. The van der Waals surface area contributed by atoms with Crippen molar-refractivity contribution in [1.29, 1.82) is 0 Å². The molecule has 0 aliphatic rings. The zero-order valence-corrected chi connectivity index (χ0v) is 12.0. The molecule has 0 radical (unpaired) electrons. The molecule has 1 rings (SSSR count). The van der Waals surface area contributed by atoms with Crippen molar-refractivity contribution in [2.75, 3.05) is 13.2 Å². The molecule has 17 heavy (non-hydrogen) atoms. The van der Waals surface area contributed by atoms with Gasteiger partial charge in [-0.05, 0) is 31.2 Å². The summed E-state index contributed by atoms with van der Waals surface area (Å²) >= 11 is 0. The number of hydrogen-bond acceptors (Lipinski definition) is 2. The fourth-order valence-corrected chi connectivity index (χ4v) is 4.08. The fourth-order valence-electron chi connectivity index (χ4n) is 1.74. The number of benzene rings is 1. The van der Waals surface area contributed by atoms with Gasteiger partial charge in [-0.3, -0.25) is 0 Å². The number of hydrogen-bond donors (Lipinski definition) is 0. The molecule has 2 nitrogen and oxygen atoms in total. The van der Waals surface area contributed by atoms with Gasteiger partial charge in [0.1, 0.15) is 0 Å². The van der Waals surface area contributed by atoms with E-state index in [1.54, 1.807) is 0 Å². The van der Waals surface area contributed by atoms with E-state index in [1.807, 2.05) is 32.0 Å². The first-order valence-corrected chi connectivity index (χ1v) is 8.38. The summed E-state index contributed by atoms with van der Waals surface area (Å²) in [6.45, 7) is 7.59. The molecular formula is C14H22O2Si. The summed E-state index contributed by atoms with van der Waals surface area (Å²) in [7, 11) is -2.13. The highest BCUT2D eigenvalue weighted by Crippen LogP contribution is 2.17. The monoisotopic (exact) mass is 250 g/mol. The molecule has 0 heterocycles. The normalized spacial score (nSPS) is 12.2. The molecule has 0 spiro atoms. The molecule has 3 heteroatoms. The Hall–Kier alpha value is -0.903. The van der Waals surface area contributed by atoms with E-state index in [1.165, 1.54) is 5.56 Å². The van der Waals surface area contributed by atoms with E-state index in [9.17, 15) is 0 Å². The Morgan fingerprint density at radius 2 is 1.59 bits per heavy atom. The van der Waals surface area contributed by atoms with E-state index in [4.69, 9.17) is 8.85 Å². The van der Waals surface area contributed by atoms with Crippen LogP contribution in [-0.4, -0.2) is 21.8 Å². The zero-order valence-electron chi connectivity index (χ0n) is 11.0. The Balaban J connectivity index is 2.81. The average Bonchev–Trinajstić information content (AvgIpc) is 2.38. The van der Waals surface area contributed by atoms with Gasteiger partial charge in [-0.1, -0.05) is 43.3 Å². The van der Waals surface area contributed by atoms with Gasteiger partial charge in [-0.25, -0.2) is 0 Å². The van der Waals surface area contributed by atoms with Gasteiger partial charge < -0.3 is 8.85 Å².